The normalized spacial score (nSPS) is 12.7. The number of nitriles is 1. The van der Waals surface area contributed by atoms with E-state index in [4.69, 9.17) is 4.98 Å². The third-order valence-corrected chi connectivity index (χ3v) is 6.62. The van der Waals surface area contributed by atoms with Crippen molar-refractivity contribution in [3.8, 4) is 28.5 Å². The molecule has 196 valence electrons. The number of rotatable bonds is 0. The molecular weight excluding hydrogens is 665 g/mol. The summed E-state index contributed by atoms with van der Waals surface area (Å²) in [6.07, 6.45) is 0. The van der Waals surface area contributed by atoms with E-state index in [9.17, 15) is 14.9 Å². The first-order chi connectivity index (χ1) is 17.9. The van der Waals surface area contributed by atoms with Gasteiger partial charge in [-0.25, -0.2) is 4.98 Å². The summed E-state index contributed by atoms with van der Waals surface area (Å²) in [7, 11) is 0. The molecule has 2 aromatic heterocycles. The number of nitrogens with zero attached hydrogens (tertiary/aromatic N) is 3. The van der Waals surface area contributed by atoms with E-state index in [1.165, 1.54) is 0 Å². The number of benzene rings is 2. The Morgan fingerprint density at radius 3 is 1.67 bits per heavy atom. The van der Waals surface area contributed by atoms with Crippen LogP contribution in [0.3, 0.4) is 0 Å². The van der Waals surface area contributed by atoms with Crippen molar-refractivity contribution in [2.24, 2.45) is 0 Å². The molecular formula is C33H27N3O2Pt. The molecule has 0 spiro atoms. The Bertz CT molecular complexity index is 1570. The van der Waals surface area contributed by atoms with E-state index < -0.39 is 10.8 Å². The quantitative estimate of drug-likeness (QED) is 0.170. The maximum absolute atomic E-state index is 13.5. The van der Waals surface area contributed by atoms with Crippen molar-refractivity contribution in [3.63, 3.8) is 0 Å². The van der Waals surface area contributed by atoms with Gasteiger partial charge in [0.05, 0.1) is 11.8 Å². The maximum atomic E-state index is 13.5. The summed E-state index contributed by atoms with van der Waals surface area (Å²) in [4.78, 5) is 36.0. The van der Waals surface area contributed by atoms with E-state index >= 15 is 0 Å². The number of fused-ring (bicyclic) bond motifs is 10. The summed E-state index contributed by atoms with van der Waals surface area (Å²) >= 11 is 0. The summed E-state index contributed by atoms with van der Waals surface area (Å²) in [6, 6.07) is 24.8. The molecule has 5 rings (SSSR count). The molecule has 2 aromatic carbocycles. The standard InChI is InChI=1S/C33H27N3O2.Pt/c1-32(2,3)28-21-17-22(29(23(28)18-34)33(4,5)6)24-12-8-14-26(35-24)31(38)27-15-9-13-25(36-27)30(37)20-11-7-10-19(21)16-20;/h7-15H,1-6H3;/q-2;+2. The largest absolute Gasteiger partial charge is 2.00 e. The molecule has 5 nitrogen and oxygen atoms in total. The molecule has 39 heavy (non-hydrogen) atoms. The number of pyridine rings is 2. The predicted molar refractivity (Wildman–Crippen MR) is 146 cm³/mol. The van der Waals surface area contributed by atoms with Gasteiger partial charge in [-0.2, -0.15) is 34.6 Å². The van der Waals surface area contributed by atoms with E-state index in [2.05, 4.69) is 64.7 Å². The topological polar surface area (TPSA) is 83.7 Å². The molecule has 3 heterocycles. The van der Waals surface area contributed by atoms with Crippen LogP contribution in [-0.4, -0.2) is 21.5 Å². The Kier molecular flexibility index (Phi) is 7.32. The zero-order chi connectivity index (χ0) is 27.4. The van der Waals surface area contributed by atoms with Crippen LogP contribution in [0.2, 0.25) is 0 Å². The zero-order valence-electron chi connectivity index (χ0n) is 22.7. The van der Waals surface area contributed by atoms with Gasteiger partial charge < -0.3 is 4.79 Å². The molecule has 0 saturated heterocycles. The second kappa shape index (κ2) is 10.1. The predicted octanol–water partition coefficient (Wildman–Crippen LogP) is 6.65. The Balaban J connectivity index is 0.00000353. The second-order valence-corrected chi connectivity index (χ2v) is 11.6. The van der Waals surface area contributed by atoms with Crippen LogP contribution in [0.1, 0.15) is 90.5 Å². The van der Waals surface area contributed by atoms with E-state index in [0.29, 0.717) is 33.5 Å². The van der Waals surface area contributed by atoms with Gasteiger partial charge in [0, 0.05) is 5.69 Å². The first kappa shape index (κ1) is 28.3. The SMILES string of the molecule is CC(C)(C)c1c2[c-]c(c(C(C)(C)C)c1C#N)-c1cccc(n1)C(=O)c1cccc(n1)C(=O)c1[c-]c-2ccc1.[Pt+2]. The van der Waals surface area contributed by atoms with Crippen molar-refractivity contribution in [1.82, 2.24) is 9.97 Å². The first-order valence-electron chi connectivity index (χ1n) is 12.5. The van der Waals surface area contributed by atoms with Gasteiger partial charge in [-0.1, -0.05) is 70.9 Å². The molecule has 6 heteroatoms. The molecule has 0 fully saturated rings. The number of hydrogen-bond acceptors (Lipinski definition) is 5. The second-order valence-electron chi connectivity index (χ2n) is 11.6. The average molecular weight is 693 g/mol. The number of hydrogen-bond donors (Lipinski definition) is 0. The molecule has 4 aromatic rings. The van der Waals surface area contributed by atoms with Crippen molar-refractivity contribution in [3.05, 3.63) is 106 Å². The molecule has 0 saturated carbocycles. The van der Waals surface area contributed by atoms with Crippen molar-refractivity contribution in [2.45, 2.75) is 52.4 Å². The Hall–Kier alpha value is -3.74. The third kappa shape index (κ3) is 5.02. The maximum Gasteiger partial charge on any atom is 2.00 e. The Labute approximate surface area is 243 Å². The first-order valence-corrected chi connectivity index (χ1v) is 12.5. The fraction of sp³-hybridized carbons (Fsp3) is 0.242. The third-order valence-electron chi connectivity index (χ3n) is 6.62. The molecule has 0 amide bonds. The van der Waals surface area contributed by atoms with Gasteiger partial charge in [-0.3, -0.25) is 9.78 Å². The van der Waals surface area contributed by atoms with Crippen molar-refractivity contribution in [2.75, 3.05) is 0 Å². The van der Waals surface area contributed by atoms with E-state index in [1.54, 1.807) is 42.5 Å². The van der Waals surface area contributed by atoms with Gasteiger partial charge in [-0.15, -0.1) is 23.3 Å². The minimum atomic E-state index is -0.431. The number of carbonyl (C=O) groups excluding carboxylic acids is 2. The van der Waals surface area contributed by atoms with Gasteiger partial charge in [0.1, 0.15) is 17.2 Å². The number of aromatic nitrogens is 2. The van der Waals surface area contributed by atoms with E-state index in [0.717, 1.165) is 11.1 Å². The average Bonchev–Trinajstić information content (AvgIpc) is 2.89. The Morgan fingerprint density at radius 2 is 1.10 bits per heavy atom. The molecule has 0 unspecified atom stereocenters. The summed E-state index contributed by atoms with van der Waals surface area (Å²) in [5.74, 6) is -0.731. The zero-order valence-corrected chi connectivity index (χ0v) is 24.9. The van der Waals surface area contributed by atoms with Gasteiger partial charge in [-0.05, 0) is 34.6 Å². The molecule has 1 aliphatic heterocycles. The van der Waals surface area contributed by atoms with Crippen LogP contribution in [0.25, 0.3) is 22.4 Å². The van der Waals surface area contributed by atoms with Gasteiger partial charge in [0.15, 0.2) is 0 Å². The van der Waals surface area contributed by atoms with Crippen LogP contribution < -0.4 is 0 Å². The van der Waals surface area contributed by atoms with Gasteiger partial charge in [0.2, 0.25) is 5.78 Å². The van der Waals surface area contributed by atoms with Crippen molar-refractivity contribution < 1.29 is 30.7 Å². The molecule has 0 N–H and O–H groups in total. The molecule has 1 aliphatic rings. The van der Waals surface area contributed by atoms with Crippen LogP contribution in [0.4, 0.5) is 0 Å². The monoisotopic (exact) mass is 692 g/mol. The molecule has 0 aliphatic carbocycles. The van der Waals surface area contributed by atoms with Crippen LogP contribution in [0.5, 0.6) is 0 Å². The van der Waals surface area contributed by atoms with Crippen LogP contribution >= 0.6 is 0 Å². The summed E-state index contributed by atoms with van der Waals surface area (Å²) in [5.41, 5.74) is 4.68. The molecule has 0 atom stereocenters. The summed E-state index contributed by atoms with van der Waals surface area (Å²) < 4.78 is 0. The van der Waals surface area contributed by atoms with Crippen molar-refractivity contribution in [1.29, 1.82) is 5.26 Å². The summed E-state index contributed by atoms with van der Waals surface area (Å²) in [6.45, 7) is 12.4. The van der Waals surface area contributed by atoms with E-state index in [-0.39, 0.29) is 49.7 Å². The van der Waals surface area contributed by atoms with Crippen LogP contribution in [0.15, 0.2) is 54.6 Å². The smallest absolute Gasteiger partial charge is 0.333 e. The Morgan fingerprint density at radius 1 is 0.641 bits per heavy atom. The fourth-order valence-corrected chi connectivity index (χ4v) is 5.04. The number of ketones is 2. The fourth-order valence-electron chi connectivity index (χ4n) is 5.04. The van der Waals surface area contributed by atoms with Gasteiger partial charge >= 0.3 is 21.1 Å². The summed E-state index contributed by atoms with van der Waals surface area (Å²) in [5, 5.41) is 10.6. The van der Waals surface area contributed by atoms with Crippen LogP contribution in [0, 0.1) is 23.5 Å². The number of carbonyl (C=O) groups is 2. The molecule has 0 radical (unpaired) electrons. The van der Waals surface area contributed by atoms with Crippen molar-refractivity contribution >= 4 is 11.6 Å². The van der Waals surface area contributed by atoms with E-state index in [1.807, 2.05) is 12.1 Å². The molecule has 8 bridgehead atoms. The minimum Gasteiger partial charge on any atom is -0.333 e. The van der Waals surface area contributed by atoms with Crippen LogP contribution in [-0.2, 0) is 31.9 Å². The van der Waals surface area contributed by atoms with Gasteiger partial charge in [0.25, 0.3) is 0 Å². The minimum absolute atomic E-state index is 0.